The lowest BCUT2D eigenvalue weighted by Gasteiger charge is -2.37. The van der Waals surface area contributed by atoms with Crippen LogP contribution in [0.3, 0.4) is 0 Å². The standard InChI is InChI=1S/C15H21NO3/c1-9-4-2-3-7-16(9)14(17)12-10-5-6-11(8-10)13(12)15(18)19/h5-6,9-13H,2-4,7-8H2,1H3,(H,18,19)/t9?,10?,11?,12-,13+/m0/s1. The fourth-order valence-electron chi connectivity index (χ4n) is 4.11. The number of aliphatic carboxylic acids is 1. The van der Waals surface area contributed by atoms with Crippen LogP contribution in [0.1, 0.15) is 32.6 Å². The van der Waals surface area contributed by atoms with Crippen molar-refractivity contribution in [3.63, 3.8) is 0 Å². The van der Waals surface area contributed by atoms with Crippen molar-refractivity contribution in [3.05, 3.63) is 12.2 Å². The highest BCUT2D eigenvalue weighted by Gasteiger charge is 2.52. The lowest BCUT2D eigenvalue weighted by atomic mass is 9.81. The number of amides is 1. The monoisotopic (exact) mass is 263 g/mol. The number of carboxylic acids is 1. The van der Waals surface area contributed by atoms with Gasteiger partial charge in [-0.2, -0.15) is 0 Å². The second kappa shape index (κ2) is 4.66. The van der Waals surface area contributed by atoms with Gasteiger partial charge in [0.2, 0.25) is 5.91 Å². The molecule has 4 nitrogen and oxygen atoms in total. The molecule has 0 aromatic carbocycles. The van der Waals surface area contributed by atoms with Crippen LogP contribution in [0.5, 0.6) is 0 Å². The molecule has 2 aliphatic carbocycles. The maximum absolute atomic E-state index is 12.7. The van der Waals surface area contributed by atoms with Crippen molar-refractivity contribution in [2.75, 3.05) is 6.54 Å². The summed E-state index contributed by atoms with van der Waals surface area (Å²) in [5.74, 6) is -1.34. The van der Waals surface area contributed by atoms with Gasteiger partial charge in [-0.15, -0.1) is 0 Å². The van der Waals surface area contributed by atoms with E-state index in [2.05, 4.69) is 13.0 Å². The lowest BCUT2D eigenvalue weighted by Crippen LogP contribution is -2.48. The predicted octanol–water partition coefficient (Wildman–Crippen LogP) is 1.91. The molecule has 0 aromatic heterocycles. The predicted molar refractivity (Wildman–Crippen MR) is 70.4 cm³/mol. The zero-order chi connectivity index (χ0) is 13.6. The molecule has 1 amide bonds. The largest absolute Gasteiger partial charge is 0.481 e. The first kappa shape index (κ1) is 12.7. The molecule has 1 heterocycles. The average molecular weight is 263 g/mol. The second-order valence-electron chi connectivity index (χ2n) is 6.21. The number of carboxylic acid groups (broad SMARTS) is 1. The first-order valence-corrected chi connectivity index (χ1v) is 7.31. The highest BCUT2D eigenvalue weighted by Crippen LogP contribution is 2.49. The molecular weight excluding hydrogens is 242 g/mol. The first-order valence-electron chi connectivity index (χ1n) is 7.31. The zero-order valence-corrected chi connectivity index (χ0v) is 11.3. The minimum absolute atomic E-state index is 0.0662. The van der Waals surface area contributed by atoms with E-state index in [9.17, 15) is 14.7 Å². The molecule has 1 N–H and O–H groups in total. The summed E-state index contributed by atoms with van der Waals surface area (Å²) >= 11 is 0. The molecule has 4 heteroatoms. The van der Waals surface area contributed by atoms with Crippen LogP contribution < -0.4 is 0 Å². The molecule has 1 saturated heterocycles. The van der Waals surface area contributed by atoms with Crippen LogP contribution >= 0.6 is 0 Å². The van der Waals surface area contributed by atoms with Crippen LogP contribution in [0.2, 0.25) is 0 Å². The van der Waals surface area contributed by atoms with Gasteiger partial charge in [0.1, 0.15) is 0 Å². The van der Waals surface area contributed by atoms with Crippen molar-refractivity contribution in [1.82, 2.24) is 4.90 Å². The molecule has 0 aromatic rings. The number of allylic oxidation sites excluding steroid dienone is 2. The number of hydrogen-bond donors (Lipinski definition) is 1. The zero-order valence-electron chi connectivity index (χ0n) is 11.3. The van der Waals surface area contributed by atoms with Crippen LogP contribution in [-0.4, -0.2) is 34.5 Å². The topological polar surface area (TPSA) is 57.6 Å². The normalized spacial score (nSPS) is 40.7. The molecule has 0 radical (unpaired) electrons. The van der Waals surface area contributed by atoms with Gasteiger partial charge in [-0.05, 0) is 44.4 Å². The number of hydrogen-bond acceptors (Lipinski definition) is 2. The summed E-state index contributed by atoms with van der Waals surface area (Å²) in [6, 6.07) is 0.263. The summed E-state index contributed by atoms with van der Waals surface area (Å²) in [6.45, 7) is 2.87. The Kier molecular flexibility index (Phi) is 3.11. The number of nitrogens with zero attached hydrogens (tertiary/aromatic N) is 1. The minimum atomic E-state index is -0.806. The number of carbonyl (C=O) groups excluding carboxylic acids is 1. The Balaban J connectivity index is 1.82. The Bertz CT molecular complexity index is 431. The van der Waals surface area contributed by atoms with Gasteiger partial charge in [0.15, 0.2) is 0 Å². The molecule has 1 saturated carbocycles. The van der Waals surface area contributed by atoms with Crippen LogP contribution in [-0.2, 0) is 9.59 Å². The maximum Gasteiger partial charge on any atom is 0.307 e. The van der Waals surface area contributed by atoms with Gasteiger partial charge in [0.25, 0.3) is 0 Å². The molecular formula is C15H21NO3. The summed E-state index contributed by atoms with van der Waals surface area (Å²) in [5, 5.41) is 9.41. The molecule has 5 atom stereocenters. The molecule has 19 heavy (non-hydrogen) atoms. The van der Waals surface area contributed by atoms with E-state index in [-0.39, 0.29) is 29.7 Å². The molecule has 104 valence electrons. The highest BCUT2D eigenvalue weighted by atomic mass is 16.4. The Hall–Kier alpha value is -1.32. The van der Waals surface area contributed by atoms with Crippen LogP contribution in [0.15, 0.2) is 12.2 Å². The average Bonchev–Trinajstić information content (AvgIpc) is 2.98. The molecule has 0 spiro atoms. The summed E-state index contributed by atoms with van der Waals surface area (Å²) in [7, 11) is 0. The lowest BCUT2D eigenvalue weighted by molar-refractivity contribution is -0.152. The molecule has 1 aliphatic heterocycles. The molecule has 3 aliphatic rings. The smallest absolute Gasteiger partial charge is 0.307 e. The fourth-order valence-corrected chi connectivity index (χ4v) is 4.11. The van der Waals surface area contributed by atoms with E-state index >= 15 is 0 Å². The molecule has 2 fully saturated rings. The van der Waals surface area contributed by atoms with Gasteiger partial charge < -0.3 is 10.0 Å². The van der Waals surface area contributed by atoms with Gasteiger partial charge >= 0.3 is 5.97 Å². The Morgan fingerprint density at radius 3 is 2.47 bits per heavy atom. The van der Waals surface area contributed by atoms with E-state index in [1.807, 2.05) is 11.0 Å². The van der Waals surface area contributed by atoms with Gasteiger partial charge in [-0.1, -0.05) is 12.2 Å². The second-order valence-corrected chi connectivity index (χ2v) is 6.21. The Labute approximate surface area is 113 Å². The van der Waals surface area contributed by atoms with Crippen molar-refractivity contribution in [2.45, 2.75) is 38.6 Å². The van der Waals surface area contributed by atoms with Crippen LogP contribution in [0, 0.1) is 23.7 Å². The number of rotatable bonds is 2. The summed E-state index contributed by atoms with van der Waals surface area (Å²) in [5.41, 5.74) is 0. The van der Waals surface area contributed by atoms with Gasteiger partial charge in [-0.3, -0.25) is 9.59 Å². The highest BCUT2D eigenvalue weighted by molar-refractivity contribution is 5.87. The van der Waals surface area contributed by atoms with Gasteiger partial charge in [0, 0.05) is 12.6 Å². The van der Waals surface area contributed by atoms with E-state index in [1.165, 1.54) is 6.42 Å². The maximum atomic E-state index is 12.7. The van der Waals surface area contributed by atoms with Crippen molar-refractivity contribution < 1.29 is 14.7 Å². The quantitative estimate of drug-likeness (QED) is 0.774. The number of likely N-dealkylation sites (tertiary alicyclic amines) is 1. The summed E-state index contributed by atoms with van der Waals surface area (Å²) in [4.78, 5) is 26.1. The van der Waals surface area contributed by atoms with Gasteiger partial charge in [-0.25, -0.2) is 0 Å². The third-order valence-electron chi connectivity index (χ3n) is 5.12. The van der Waals surface area contributed by atoms with E-state index in [1.54, 1.807) is 0 Å². The van der Waals surface area contributed by atoms with Crippen LogP contribution in [0.4, 0.5) is 0 Å². The van der Waals surface area contributed by atoms with Crippen molar-refractivity contribution in [1.29, 1.82) is 0 Å². The third kappa shape index (κ3) is 1.97. The van der Waals surface area contributed by atoms with E-state index in [0.717, 1.165) is 25.8 Å². The third-order valence-corrected chi connectivity index (χ3v) is 5.12. The Morgan fingerprint density at radius 1 is 1.16 bits per heavy atom. The molecule has 2 bridgehead atoms. The van der Waals surface area contributed by atoms with E-state index < -0.39 is 11.9 Å². The summed E-state index contributed by atoms with van der Waals surface area (Å²) in [6.07, 6.45) is 8.15. The van der Waals surface area contributed by atoms with E-state index in [4.69, 9.17) is 0 Å². The SMILES string of the molecule is CC1CCCCN1C(=O)[C@H]1C2C=CC(C2)[C@H]1C(=O)O. The van der Waals surface area contributed by atoms with Crippen LogP contribution in [0.25, 0.3) is 0 Å². The summed E-state index contributed by atoms with van der Waals surface area (Å²) < 4.78 is 0. The number of piperidine rings is 1. The number of fused-ring (bicyclic) bond motifs is 2. The molecule has 3 unspecified atom stereocenters. The molecule has 3 rings (SSSR count). The fraction of sp³-hybridized carbons (Fsp3) is 0.733. The van der Waals surface area contributed by atoms with Crippen molar-refractivity contribution in [2.24, 2.45) is 23.7 Å². The number of carbonyl (C=O) groups is 2. The van der Waals surface area contributed by atoms with Crippen molar-refractivity contribution >= 4 is 11.9 Å². The Morgan fingerprint density at radius 2 is 1.84 bits per heavy atom. The van der Waals surface area contributed by atoms with Gasteiger partial charge in [0.05, 0.1) is 11.8 Å². The van der Waals surface area contributed by atoms with Crippen molar-refractivity contribution in [3.8, 4) is 0 Å². The minimum Gasteiger partial charge on any atom is -0.481 e. The van der Waals surface area contributed by atoms with E-state index in [0.29, 0.717) is 0 Å². The first-order chi connectivity index (χ1) is 9.09.